The third-order valence-electron chi connectivity index (χ3n) is 10.4. The third-order valence-corrected chi connectivity index (χ3v) is 16.3. The Balaban J connectivity index is 0.000000355. The second kappa shape index (κ2) is 24.3. The summed E-state index contributed by atoms with van der Waals surface area (Å²) in [5.74, 6) is -2.56. The maximum atomic E-state index is 12.6. The molecule has 5 unspecified atom stereocenters. The van der Waals surface area contributed by atoms with Crippen molar-refractivity contribution in [3.63, 3.8) is 0 Å². The molecule has 4 rings (SSSR count). The summed E-state index contributed by atoms with van der Waals surface area (Å²) in [6.45, 7) is 14.9. The molecule has 28 nitrogen and oxygen atoms in total. The maximum absolute atomic E-state index is 12.6. The van der Waals surface area contributed by atoms with Crippen LogP contribution in [0.15, 0.2) is 31.6 Å². The van der Waals surface area contributed by atoms with Crippen molar-refractivity contribution in [1.29, 1.82) is 5.26 Å². The van der Waals surface area contributed by atoms with Gasteiger partial charge in [-0.15, -0.1) is 0 Å². The Morgan fingerprint density at radius 2 is 1.30 bits per heavy atom. The summed E-state index contributed by atoms with van der Waals surface area (Å²) in [7, 11) is -15.4. The van der Waals surface area contributed by atoms with E-state index in [0.717, 1.165) is 10.8 Å². The number of phosphoric acid groups is 3. The minimum atomic E-state index is -5.67. The standard InChI is InChI=1S/C22H36N5O6P.C13H22N3O14P3/c1-8-17-18(33-34(31-11-9-10-23)27(13(2)3)14(4)5)15(6)21(32-17)26-12-16(19(28)24-7)20(29)25-22(26)30;1-6-7(2)12(16-4-8(10(17)14-3)11(18)15-13(16)19)28-9(6)5-27-32(23,24)30-33(25,26)29-31(20,21)22/h12-15,17-18,21H,8-9,11H2,1-7H3,(H,24,28)(H,25,29,30);4,6-7,9,12H,5H2,1-3H3,(H,14,17)(H,23,24)(H,25,26)(H,15,18,19)(H2,20,21,22)/t15-,17+,18?,21+,34?;6?,7-,9+,12+/m00/s1. The van der Waals surface area contributed by atoms with Gasteiger partial charge in [-0.2, -0.15) is 13.9 Å². The summed E-state index contributed by atoms with van der Waals surface area (Å²) in [5, 5.41) is 13.6. The van der Waals surface area contributed by atoms with Gasteiger partial charge in [-0.1, -0.05) is 27.7 Å². The van der Waals surface area contributed by atoms with Crippen LogP contribution in [0.3, 0.4) is 0 Å². The van der Waals surface area contributed by atoms with Gasteiger partial charge in [0.05, 0.1) is 44.0 Å². The lowest BCUT2D eigenvalue weighted by Gasteiger charge is -2.38. The van der Waals surface area contributed by atoms with Crippen LogP contribution < -0.4 is 33.1 Å². The molecule has 0 aliphatic carbocycles. The van der Waals surface area contributed by atoms with Gasteiger partial charge in [0.25, 0.3) is 31.5 Å². The van der Waals surface area contributed by atoms with Crippen molar-refractivity contribution >= 4 is 43.8 Å². The third kappa shape index (κ3) is 15.5. The number of phosphoric ester groups is 1. The van der Waals surface area contributed by atoms with Crippen LogP contribution in [0.2, 0.25) is 0 Å². The molecule has 0 radical (unpaired) electrons. The van der Waals surface area contributed by atoms with Crippen molar-refractivity contribution in [1.82, 2.24) is 34.4 Å². The monoisotopic (exact) mass is 1030 g/mol. The average molecular weight is 1030 g/mol. The Morgan fingerprint density at radius 1 is 0.821 bits per heavy atom. The van der Waals surface area contributed by atoms with E-state index in [1.165, 1.54) is 24.9 Å². The van der Waals surface area contributed by atoms with Crippen molar-refractivity contribution in [2.45, 2.75) is 111 Å². The Bertz CT molecular complexity index is 2480. The quantitative estimate of drug-likeness (QED) is 0.0693. The van der Waals surface area contributed by atoms with Gasteiger partial charge < -0.3 is 48.7 Å². The number of aromatic amines is 2. The van der Waals surface area contributed by atoms with Gasteiger partial charge >= 0.3 is 34.8 Å². The van der Waals surface area contributed by atoms with Crippen molar-refractivity contribution in [3.8, 4) is 6.07 Å². The molecule has 2 aromatic heterocycles. The molecule has 32 heteroatoms. The smallest absolute Gasteiger partial charge is 0.355 e. The van der Waals surface area contributed by atoms with Crippen molar-refractivity contribution in [2.24, 2.45) is 17.8 Å². The highest BCUT2D eigenvalue weighted by Crippen LogP contribution is 2.66. The number of hydrogen-bond acceptors (Lipinski definition) is 18. The number of H-pyrrole nitrogens is 2. The number of hydrogen-bond donors (Lipinski definition) is 8. The van der Waals surface area contributed by atoms with Crippen LogP contribution in [0, 0.1) is 29.1 Å². The lowest BCUT2D eigenvalue weighted by Crippen LogP contribution is -2.39. The molecule has 2 amide bonds. The van der Waals surface area contributed by atoms with E-state index in [1.54, 1.807) is 13.8 Å². The van der Waals surface area contributed by atoms with Gasteiger partial charge in [0, 0.05) is 50.4 Å². The van der Waals surface area contributed by atoms with E-state index in [1.807, 2.05) is 18.8 Å². The van der Waals surface area contributed by atoms with E-state index in [9.17, 15) is 52.2 Å². The number of rotatable bonds is 20. The number of nitriles is 1. The first-order chi connectivity index (χ1) is 31.0. The fourth-order valence-electron chi connectivity index (χ4n) is 7.04. The maximum Gasteiger partial charge on any atom is 0.490 e. The van der Waals surface area contributed by atoms with Crippen LogP contribution in [0.25, 0.3) is 0 Å². The normalized spacial score (nSPS) is 25.2. The molecule has 8 N–H and O–H groups in total. The Labute approximate surface area is 384 Å². The minimum Gasteiger partial charge on any atom is -0.355 e. The molecule has 378 valence electrons. The van der Waals surface area contributed by atoms with Crippen molar-refractivity contribution in [2.75, 3.05) is 27.3 Å². The Morgan fingerprint density at radius 3 is 1.73 bits per heavy atom. The predicted octanol–water partition coefficient (Wildman–Crippen LogP) is 1.91. The molecule has 0 aromatic carbocycles. The molecular weight excluding hydrogens is 976 g/mol. The predicted molar refractivity (Wildman–Crippen MR) is 235 cm³/mol. The van der Waals surface area contributed by atoms with Gasteiger partial charge in [0.1, 0.15) is 23.6 Å². The number of carbonyl (C=O) groups excluding carboxylic acids is 2. The molecule has 4 heterocycles. The second-order valence-corrected chi connectivity index (χ2v) is 21.5. The zero-order valence-electron chi connectivity index (χ0n) is 38.2. The molecule has 2 saturated heterocycles. The molecule has 67 heavy (non-hydrogen) atoms. The van der Waals surface area contributed by atoms with Crippen LogP contribution in [0.1, 0.15) is 101 Å². The van der Waals surface area contributed by atoms with E-state index in [2.05, 4.69) is 67.2 Å². The molecular formula is C35H58N8O20P4. The van der Waals surface area contributed by atoms with Crippen LogP contribution in [0.5, 0.6) is 0 Å². The average Bonchev–Trinajstić information content (AvgIpc) is 3.67. The van der Waals surface area contributed by atoms with Gasteiger partial charge in [0.2, 0.25) is 0 Å². The Hall–Kier alpha value is -3.57. The SMILES string of the molecule is CC[C@H]1O[C@@H](n2cc(C(=O)NC)c(=O)[nH]c2=O)[C@@H](C)C1OP(OCCC#N)N(C(C)C)C(C)C.CNC(=O)c1cn([C@@H]2O[C@H](COP(=O)(O)OP(=O)(O)OP(=O)(O)O)C(C)[C@@H]2C)c(=O)[nH]c1=O. The number of carbonyl (C=O) groups is 2. The molecule has 2 aliphatic heterocycles. The van der Waals surface area contributed by atoms with E-state index in [-0.39, 0.29) is 48.3 Å². The summed E-state index contributed by atoms with van der Waals surface area (Å²) in [5.41, 5.74) is -3.77. The fourth-order valence-corrected chi connectivity index (χ4v) is 11.9. The summed E-state index contributed by atoms with van der Waals surface area (Å²) < 4.78 is 74.6. The molecule has 2 aromatic rings. The van der Waals surface area contributed by atoms with Crippen LogP contribution in [-0.2, 0) is 45.4 Å². The summed E-state index contributed by atoms with van der Waals surface area (Å²) in [6.07, 6.45) is -0.424. The van der Waals surface area contributed by atoms with Crippen molar-refractivity contribution in [3.05, 3.63) is 65.2 Å². The molecule has 0 saturated carbocycles. The zero-order valence-corrected chi connectivity index (χ0v) is 41.7. The largest absolute Gasteiger partial charge is 0.490 e. The van der Waals surface area contributed by atoms with Crippen LogP contribution in [-0.4, -0.2) is 113 Å². The van der Waals surface area contributed by atoms with E-state index in [4.69, 9.17) is 33.6 Å². The highest BCUT2D eigenvalue weighted by molar-refractivity contribution is 7.66. The van der Waals surface area contributed by atoms with E-state index >= 15 is 0 Å². The molecule has 2 aliphatic rings. The highest BCUT2D eigenvalue weighted by atomic mass is 31.3. The number of nitrogens with one attached hydrogen (secondary N) is 4. The summed E-state index contributed by atoms with van der Waals surface area (Å²) >= 11 is 0. The highest BCUT2D eigenvalue weighted by Gasteiger charge is 2.47. The topological polar surface area (TPSA) is 392 Å². The number of nitrogens with zero attached hydrogens (tertiary/aromatic N) is 4. The lowest BCUT2D eigenvalue weighted by atomic mass is 9.93. The van der Waals surface area contributed by atoms with E-state index in [0.29, 0.717) is 6.42 Å². The second-order valence-electron chi connectivity index (χ2n) is 15.7. The number of amides is 2. The minimum absolute atomic E-state index is 0.138. The molecule has 2 fully saturated rings. The number of aromatic nitrogens is 4. The summed E-state index contributed by atoms with van der Waals surface area (Å²) in [6, 6.07) is 2.36. The van der Waals surface area contributed by atoms with Crippen molar-refractivity contribution < 1.29 is 74.5 Å². The summed E-state index contributed by atoms with van der Waals surface area (Å²) in [4.78, 5) is 113. The van der Waals surface area contributed by atoms with Gasteiger partial charge in [-0.3, -0.25) is 42.8 Å². The zero-order chi connectivity index (χ0) is 50.9. The number of ether oxygens (including phenoxy) is 2. The van der Waals surface area contributed by atoms with Crippen LogP contribution >= 0.6 is 32.0 Å². The van der Waals surface area contributed by atoms with Gasteiger partial charge in [-0.05, 0) is 40.0 Å². The van der Waals surface area contributed by atoms with Crippen LogP contribution in [0.4, 0.5) is 0 Å². The fraction of sp³-hybridized carbons (Fsp3) is 0.686. The first kappa shape index (κ1) is 57.7. The van der Waals surface area contributed by atoms with Gasteiger partial charge in [-0.25, -0.2) is 28.0 Å². The van der Waals surface area contributed by atoms with Gasteiger partial charge in [0.15, 0.2) is 0 Å². The molecule has 0 bridgehead atoms. The first-order valence-corrected chi connectivity index (χ1v) is 26.2. The lowest BCUT2D eigenvalue weighted by molar-refractivity contribution is -0.0370. The van der Waals surface area contributed by atoms with E-state index < -0.39 is 109 Å². The first-order valence-electron chi connectivity index (χ1n) is 20.5. The Kier molecular flexibility index (Phi) is 21.0. The molecule has 11 atom stereocenters. The molecule has 0 spiro atoms.